The highest BCUT2D eigenvalue weighted by Crippen LogP contribution is 2.41. The molecule has 0 saturated heterocycles. The predicted molar refractivity (Wildman–Crippen MR) is 68.0 cm³/mol. The third-order valence-corrected chi connectivity index (χ3v) is 4.94. The number of nitrogens with two attached hydrogens (primary N) is 2. The summed E-state index contributed by atoms with van der Waals surface area (Å²) in [6, 6.07) is -0.0412. The number of nitrogens with zero attached hydrogens (tertiary/aromatic N) is 1. The van der Waals surface area contributed by atoms with Gasteiger partial charge in [-0.15, -0.1) is 11.3 Å². The van der Waals surface area contributed by atoms with Gasteiger partial charge in [0, 0.05) is 10.9 Å². The van der Waals surface area contributed by atoms with Gasteiger partial charge < -0.3 is 5.73 Å². The largest absolute Gasteiger partial charge is 0.323 e. The zero-order chi connectivity index (χ0) is 12.8. The number of hydrogen-bond acceptors (Lipinski definition) is 5. The number of primary sulfonamides is 1. The summed E-state index contributed by atoms with van der Waals surface area (Å²) in [6.45, 7) is 4.29. The van der Waals surface area contributed by atoms with Crippen LogP contribution in [0.15, 0.2) is 0 Å². The molecule has 2 rings (SSSR count). The highest BCUT2D eigenvalue weighted by molar-refractivity contribution is 7.88. The van der Waals surface area contributed by atoms with Crippen LogP contribution in [0.5, 0.6) is 0 Å². The van der Waals surface area contributed by atoms with Crippen LogP contribution in [0.3, 0.4) is 0 Å². The van der Waals surface area contributed by atoms with E-state index in [0.717, 1.165) is 23.4 Å². The summed E-state index contributed by atoms with van der Waals surface area (Å²) in [5, 5.41) is 5.57. The second-order valence-electron chi connectivity index (χ2n) is 5.38. The van der Waals surface area contributed by atoms with Crippen LogP contribution in [0, 0.1) is 5.41 Å². The fourth-order valence-electron chi connectivity index (χ4n) is 2.28. The molecule has 0 fully saturated rings. The Balaban J connectivity index is 2.33. The van der Waals surface area contributed by atoms with E-state index in [1.54, 1.807) is 0 Å². The van der Waals surface area contributed by atoms with Crippen molar-refractivity contribution >= 4 is 21.4 Å². The predicted octanol–water partition coefficient (Wildman–Crippen LogP) is 0.904. The Morgan fingerprint density at radius 1 is 1.53 bits per heavy atom. The molecule has 1 aliphatic rings. The van der Waals surface area contributed by atoms with Crippen LogP contribution in [-0.4, -0.2) is 13.4 Å². The molecule has 0 aromatic carbocycles. The van der Waals surface area contributed by atoms with Crippen LogP contribution in [0.2, 0.25) is 0 Å². The van der Waals surface area contributed by atoms with Crippen molar-refractivity contribution in [1.29, 1.82) is 0 Å². The molecule has 0 spiro atoms. The van der Waals surface area contributed by atoms with E-state index >= 15 is 0 Å². The third-order valence-electron chi connectivity index (χ3n) is 2.85. The lowest BCUT2D eigenvalue weighted by Gasteiger charge is -2.32. The Kier molecular flexibility index (Phi) is 3.05. The van der Waals surface area contributed by atoms with E-state index in [9.17, 15) is 8.42 Å². The van der Waals surface area contributed by atoms with Crippen molar-refractivity contribution in [1.82, 2.24) is 4.98 Å². The Morgan fingerprint density at radius 2 is 2.18 bits per heavy atom. The van der Waals surface area contributed by atoms with Crippen LogP contribution in [0.4, 0.5) is 0 Å². The molecule has 0 radical (unpaired) electrons. The second kappa shape index (κ2) is 4.01. The average Bonchev–Trinajstić information content (AvgIpc) is 2.41. The average molecular weight is 275 g/mol. The van der Waals surface area contributed by atoms with E-state index in [0.29, 0.717) is 5.01 Å². The minimum Gasteiger partial charge on any atom is -0.323 e. The molecule has 17 heavy (non-hydrogen) atoms. The molecule has 0 aliphatic heterocycles. The van der Waals surface area contributed by atoms with E-state index in [1.165, 1.54) is 11.3 Å². The molecule has 1 aromatic rings. The quantitative estimate of drug-likeness (QED) is 0.837. The molecule has 96 valence electrons. The zero-order valence-electron chi connectivity index (χ0n) is 9.93. The molecule has 1 unspecified atom stereocenters. The number of fused-ring (bicyclic) bond motifs is 1. The minimum atomic E-state index is -3.52. The van der Waals surface area contributed by atoms with Gasteiger partial charge in [-0.05, 0) is 18.3 Å². The number of hydrogen-bond donors (Lipinski definition) is 2. The van der Waals surface area contributed by atoms with Crippen molar-refractivity contribution < 1.29 is 8.42 Å². The molecule has 4 N–H and O–H groups in total. The monoisotopic (exact) mass is 275 g/mol. The first-order valence-corrected chi connectivity index (χ1v) is 7.94. The molecule has 1 aliphatic carbocycles. The molecular weight excluding hydrogens is 258 g/mol. The second-order valence-corrected chi connectivity index (χ2v) is 8.11. The topological polar surface area (TPSA) is 99.1 Å². The van der Waals surface area contributed by atoms with E-state index in [1.807, 2.05) is 0 Å². The lowest BCUT2D eigenvalue weighted by molar-refractivity contribution is 0.282. The standard InChI is InChI=1S/C10H17N3O2S2/c1-10(2)3-6(11)9-7(4-10)13-8(16-9)5-17(12,14)15/h6H,3-5,11H2,1-2H3,(H2,12,14,15). The molecule has 5 nitrogen and oxygen atoms in total. The van der Waals surface area contributed by atoms with Gasteiger partial charge in [-0.3, -0.25) is 0 Å². The van der Waals surface area contributed by atoms with Crippen molar-refractivity contribution in [2.75, 3.05) is 0 Å². The van der Waals surface area contributed by atoms with E-state index in [4.69, 9.17) is 10.9 Å². The Labute approximate surface area is 105 Å². The van der Waals surface area contributed by atoms with E-state index in [-0.39, 0.29) is 17.2 Å². The van der Waals surface area contributed by atoms with Gasteiger partial charge in [-0.25, -0.2) is 18.5 Å². The van der Waals surface area contributed by atoms with Gasteiger partial charge in [-0.1, -0.05) is 13.8 Å². The van der Waals surface area contributed by atoms with Gasteiger partial charge in [0.15, 0.2) is 0 Å². The summed E-state index contributed by atoms with van der Waals surface area (Å²) >= 11 is 1.38. The van der Waals surface area contributed by atoms with Gasteiger partial charge in [0.2, 0.25) is 10.0 Å². The van der Waals surface area contributed by atoms with Gasteiger partial charge >= 0.3 is 0 Å². The third kappa shape index (κ3) is 3.04. The molecule has 1 atom stereocenters. The van der Waals surface area contributed by atoms with Gasteiger partial charge in [0.05, 0.1) is 5.69 Å². The summed E-state index contributed by atoms with van der Waals surface area (Å²) in [5.41, 5.74) is 7.16. The van der Waals surface area contributed by atoms with Crippen LogP contribution in [0.1, 0.15) is 41.9 Å². The van der Waals surface area contributed by atoms with Crippen LogP contribution in [0.25, 0.3) is 0 Å². The fraction of sp³-hybridized carbons (Fsp3) is 0.700. The van der Waals surface area contributed by atoms with Crippen molar-refractivity contribution in [2.45, 2.75) is 38.5 Å². The number of thiazole rings is 1. The maximum Gasteiger partial charge on any atom is 0.215 e. The minimum absolute atomic E-state index is 0.0412. The summed E-state index contributed by atoms with van der Waals surface area (Å²) in [5.74, 6) is -0.197. The molecule has 1 heterocycles. The van der Waals surface area contributed by atoms with Gasteiger partial charge in [0.25, 0.3) is 0 Å². The molecule has 0 bridgehead atoms. The van der Waals surface area contributed by atoms with Crippen LogP contribution < -0.4 is 10.9 Å². The fourth-order valence-corrected chi connectivity index (χ4v) is 4.30. The highest BCUT2D eigenvalue weighted by Gasteiger charge is 2.33. The molecule has 0 saturated carbocycles. The smallest absolute Gasteiger partial charge is 0.215 e. The maximum absolute atomic E-state index is 11.0. The first kappa shape index (κ1) is 12.9. The first-order valence-electron chi connectivity index (χ1n) is 5.41. The van der Waals surface area contributed by atoms with Gasteiger partial charge in [-0.2, -0.15) is 0 Å². The highest BCUT2D eigenvalue weighted by atomic mass is 32.2. The summed E-state index contributed by atoms with van der Waals surface area (Å²) < 4.78 is 22.1. The van der Waals surface area contributed by atoms with Crippen LogP contribution in [-0.2, 0) is 22.2 Å². The summed E-state index contributed by atoms with van der Waals surface area (Å²) in [6.07, 6.45) is 1.74. The Hall–Kier alpha value is -0.500. The van der Waals surface area contributed by atoms with E-state index in [2.05, 4.69) is 18.8 Å². The van der Waals surface area contributed by atoms with Crippen molar-refractivity contribution in [3.63, 3.8) is 0 Å². The number of aromatic nitrogens is 1. The molecular formula is C10H17N3O2S2. The van der Waals surface area contributed by atoms with E-state index < -0.39 is 10.0 Å². The SMILES string of the molecule is CC1(C)Cc2nc(CS(N)(=O)=O)sc2C(N)C1. The first-order chi connectivity index (χ1) is 7.66. The summed E-state index contributed by atoms with van der Waals surface area (Å²) in [7, 11) is -3.52. The molecule has 0 amide bonds. The normalized spacial score (nSPS) is 23.4. The maximum atomic E-state index is 11.0. The Bertz CT molecular complexity index is 534. The van der Waals surface area contributed by atoms with Crippen molar-refractivity contribution in [3.8, 4) is 0 Å². The molecule has 7 heteroatoms. The number of sulfonamides is 1. The van der Waals surface area contributed by atoms with Crippen LogP contribution >= 0.6 is 11.3 Å². The Morgan fingerprint density at radius 3 is 2.76 bits per heavy atom. The summed E-state index contributed by atoms with van der Waals surface area (Å²) in [4.78, 5) is 5.38. The lowest BCUT2D eigenvalue weighted by Crippen LogP contribution is -2.28. The van der Waals surface area contributed by atoms with Gasteiger partial charge in [0.1, 0.15) is 10.8 Å². The number of rotatable bonds is 2. The molecule has 1 aromatic heterocycles. The lowest BCUT2D eigenvalue weighted by atomic mass is 9.77. The zero-order valence-corrected chi connectivity index (χ0v) is 11.6. The van der Waals surface area contributed by atoms with Crippen molar-refractivity contribution in [3.05, 3.63) is 15.6 Å². The van der Waals surface area contributed by atoms with Crippen molar-refractivity contribution in [2.24, 2.45) is 16.3 Å².